The predicted molar refractivity (Wildman–Crippen MR) is 73.8 cm³/mol. The van der Waals surface area contributed by atoms with Crippen molar-refractivity contribution in [3.63, 3.8) is 0 Å². The molecule has 21 heavy (non-hydrogen) atoms. The van der Waals surface area contributed by atoms with Crippen molar-refractivity contribution in [2.75, 3.05) is 20.2 Å². The van der Waals surface area contributed by atoms with E-state index in [0.29, 0.717) is 17.1 Å². The van der Waals surface area contributed by atoms with Crippen LogP contribution in [0.4, 0.5) is 13.2 Å². The summed E-state index contributed by atoms with van der Waals surface area (Å²) < 4.78 is 41.1. The van der Waals surface area contributed by atoms with Crippen LogP contribution in [-0.4, -0.2) is 32.3 Å². The minimum Gasteiger partial charge on any atom is -0.482 e. The monoisotopic (exact) mass is 344 g/mol. The van der Waals surface area contributed by atoms with Crippen molar-refractivity contribution in [3.05, 3.63) is 27.7 Å². The molecule has 0 aliphatic rings. The number of nitrogens with one attached hydrogen (secondary N) is 2. The molecule has 0 aliphatic heterocycles. The number of hydrogen-bond donors (Lipinski definition) is 2. The van der Waals surface area contributed by atoms with E-state index in [2.05, 4.69) is 5.32 Å². The van der Waals surface area contributed by atoms with Crippen molar-refractivity contribution in [1.29, 1.82) is 0 Å². The molecule has 0 aliphatic carbocycles. The standard InChI is InChI=1S/C12H13Cl2F3N2O2/c1-18-4-7-2-8(13)3-9(14)11(7)21-5-10(20)19-6-12(15,16)17/h2-3,18H,4-6H2,1H3,(H,19,20). The van der Waals surface area contributed by atoms with E-state index < -0.39 is 25.2 Å². The Kier molecular flexibility index (Phi) is 6.57. The van der Waals surface area contributed by atoms with Crippen LogP contribution < -0.4 is 15.4 Å². The Hall–Kier alpha value is -1.18. The molecule has 0 spiro atoms. The molecule has 118 valence electrons. The van der Waals surface area contributed by atoms with Gasteiger partial charge in [-0.2, -0.15) is 13.2 Å². The van der Waals surface area contributed by atoms with E-state index in [9.17, 15) is 18.0 Å². The van der Waals surface area contributed by atoms with Gasteiger partial charge < -0.3 is 15.4 Å². The second kappa shape index (κ2) is 7.72. The molecule has 1 aromatic rings. The lowest BCUT2D eigenvalue weighted by Gasteiger charge is -2.14. The van der Waals surface area contributed by atoms with Crippen LogP contribution >= 0.6 is 23.2 Å². The van der Waals surface area contributed by atoms with Gasteiger partial charge in [-0.15, -0.1) is 0 Å². The van der Waals surface area contributed by atoms with Crippen LogP contribution in [0.25, 0.3) is 0 Å². The fraction of sp³-hybridized carbons (Fsp3) is 0.417. The SMILES string of the molecule is CNCc1cc(Cl)cc(Cl)c1OCC(=O)NCC(F)(F)F. The normalized spacial score (nSPS) is 11.3. The van der Waals surface area contributed by atoms with Crippen molar-refractivity contribution in [2.24, 2.45) is 0 Å². The van der Waals surface area contributed by atoms with Gasteiger partial charge >= 0.3 is 6.18 Å². The summed E-state index contributed by atoms with van der Waals surface area (Å²) in [6, 6.07) is 3.01. The number of hydrogen-bond acceptors (Lipinski definition) is 3. The van der Waals surface area contributed by atoms with Gasteiger partial charge in [-0.1, -0.05) is 23.2 Å². The zero-order chi connectivity index (χ0) is 16.0. The van der Waals surface area contributed by atoms with E-state index in [4.69, 9.17) is 27.9 Å². The van der Waals surface area contributed by atoms with Gasteiger partial charge in [0.15, 0.2) is 6.61 Å². The molecule has 0 bridgehead atoms. The van der Waals surface area contributed by atoms with Gasteiger partial charge in [-0.25, -0.2) is 0 Å². The number of rotatable bonds is 6. The number of carbonyl (C=O) groups excluding carboxylic acids is 1. The van der Waals surface area contributed by atoms with E-state index in [-0.39, 0.29) is 10.8 Å². The quantitative estimate of drug-likeness (QED) is 0.834. The van der Waals surface area contributed by atoms with Crippen LogP contribution in [0.3, 0.4) is 0 Å². The Morgan fingerprint density at radius 3 is 2.57 bits per heavy atom. The van der Waals surface area contributed by atoms with Crippen LogP contribution in [-0.2, 0) is 11.3 Å². The fourth-order valence-electron chi connectivity index (χ4n) is 1.48. The van der Waals surface area contributed by atoms with Crippen LogP contribution in [0.15, 0.2) is 12.1 Å². The molecule has 0 fully saturated rings. The third-order valence-electron chi connectivity index (χ3n) is 2.29. The molecule has 0 aromatic heterocycles. The third kappa shape index (κ3) is 6.41. The van der Waals surface area contributed by atoms with Crippen LogP contribution in [0.5, 0.6) is 5.75 Å². The average molecular weight is 345 g/mol. The zero-order valence-corrected chi connectivity index (χ0v) is 12.5. The number of benzene rings is 1. The highest BCUT2D eigenvalue weighted by molar-refractivity contribution is 6.35. The Labute approximate surface area is 129 Å². The molecular formula is C12H13Cl2F3N2O2. The zero-order valence-electron chi connectivity index (χ0n) is 11.0. The molecule has 0 radical (unpaired) electrons. The van der Waals surface area contributed by atoms with Crippen molar-refractivity contribution < 1.29 is 22.7 Å². The maximum Gasteiger partial charge on any atom is 0.405 e. The maximum atomic E-state index is 12.0. The van der Waals surface area contributed by atoms with Gasteiger partial charge in [-0.05, 0) is 19.2 Å². The Morgan fingerprint density at radius 1 is 1.33 bits per heavy atom. The number of amides is 1. The third-order valence-corrected chi connectivity index (χ3v) is 2.79. The molecular weight excluding hydrogens is 332 g/mol. The topological polar surface area (TPSA) is 50.4 Å². The molecule has 0 unspecified atom stereocenters. The van der Waals surface area contributed by atoms with E-state index in [1.165, 1.54) is 6.07 Å². The van der Waals surface area contributed by atoms with Gasteiger partial charge in [0.2, 0.25) is 0 Å². The molecule has 9 heteroatoms. The minimum absolute atomic E-state index is 0.177. The van der Waals surface area contributed by atoms with E-state index in [1.807, 2.05) is 0 Å². The van der Waals surface area contributed by atoms with Crippen molar-refractivity contribution in [2.45, 2.75) is 12.7 Å². The lowest BCUT2D eigenvalue weighted by atomic mass is 10.2. The first-order chi connectivity index (χ1) is 9.73. The second-order valence-electron chi connectivity index (χ2n) is 4.09. The van der Waals surface area contributed by atoms with Gasteiger partial charge in [0.25, 0.3) is 5.91 Å². The van der Waals surface area contributed by atoms with Gasteiger partial charge in [-0.3, -0.25) is 4.79 Å². The summed E-state index contributed by atoms with van der Waals surface area (Å²) in [6.07, 6.45) is -4.47. The summed E-state index contributed by atoms with van der Waals surface area (Å²) >= 11 is 11.8. The van der Waals surface area contributed by atoms with E-state index >= 15 is 0 Å². The number of alkyl halides is 3. The molecule has 1 amide bonds. The molecule has 0 atom stereocenters. The number of carbonyl (C=O) groups is 1. The molecule has 0 saturated carbocycles. The lowest BCUT2D eigenvalue weighted by molar-refractivity contribution is -0.139. The van der Waals surface area contributed by atoms with Crippen LogP contribution in [0, 0.1) is 0 Å². The summed E-state index contributed by atoms with van der Waals surface area (Å²) in [7, 11) is 1.69. The first kappa shape index (κ1) is 17.9. The molecule has 0 heterocycles. The summed E-state index contributed by atoms with van der Waals surface area (Å²) in [4.78, 5) is 11.3. The van der Waals surface area contributed by atoms with E-state index in [0.717, 1.165) is 0 Å². The first-order valence-electron chi connectivity index (χ1n) is 5.81. The number of halogens is 5. The Morgan fingerprint density at radius 2 is 2.00 bits per heavy atom. The molecule has 1 aromatic carbocycles. The highest BCUT2D eigenvalue weighted by Gasteiger charge is 2.27. The smallest absolute Gasteiger partial charge is 0.405 e. The number of ether oxygens (including phenoxy) is 1. The Balaban J connectivity index is 2.68. The molecule has 0 saturated heterocycles. The van der Waals surface area contributed by atoms with Crippen LogP contribution in [0.2, 0.25) is 10.0 Å². The molecule has 4 nitrogen and oxygen atoms in total. The van der Waals surface area contributed by atoms with Gasteiger partial charge in [0, 0.05) is 17.1 Å². The molecule has 1 rings (SSSR count). The summed E-state index contributed by atoms with van der Waals surface area (Å²) in [6.45, 7) is -1.61. The second-order valence-corrected chi connectivity index (χ2v) is 4.93. The predicted octanol–water partition coefficient (Wildman–Crippen LogP) is 2.77. The Bertz CT molecular complexity index is 510. The summed E-state index contributed by atoms with van der Waals surface area (Å²) in [5, 5.41) is 5.13. The van der Waals surface area contributed by atoms with Crippen molar-refractivity contribution >= 4 is 29.1 Å². The lowest BCUT2D eigenvalue weighted by Crippen LogP contribution is -2.36. The van der Waals surface area contributed by atoms with Crippen molar-refractivity contribution in [1.82, 2.24) is 10.6 Å². The molecule has 2 N–H and O–H groups in total. The van der Waals surface area contributed by atoms with E-state index in [1.54, 1.807) is 18.4 Å². The average Bonchev–Trinajstić information content (AvgIpc) is 2.34. The van der Waals surface area contributed by atoms with Crippen LogP contribution in [0.1, 0.15) is 5.56 Å². The maximum absolute atomic E-state index is 12.0. The summed E-state index contributed by atoms with van der Waals surface area (Å²) in [5.41, 5.74) is 0.596. The highest BCUT2D eigenvalue weighted by Crippen LogP contribution is 2.32. The minimum atomic E-state index is -4.47. The fourth-order valence-corrected chi connectivity index (χ4v) is 2.07. The van der Waals surface area contributed by atoms with Gasteiger partial charge in [0.05, 0.1) is 5.02 Å². The van der Waals surface area contributed by atoms with Gasteiger partial charge in [0.1, 0.15) is 12.3 Å². The summed E-state index contributed by atoms with van der Waals surface area (Å²) in [5.74, 6) is -0.689. The highest BCUT2D eigenvalue weighted by atomic mass is 35.5. The first-order valence-corrected chi connectivity index (χ1v) is 6.57. The largest absolute Gasteiger partial charge is 0.482 e. The van der Waals surface area contributed by atoms with Crippen molar-refractivity contribution in [3.8, 4) is 5.75 Å².